The number of benzene rings is 1. The van der Waals surface area contributed by atoms with E-state index in [-0.39, 0.29) is 24.0 Å². The molecule has 1 aromatic carbocycles. The standard InChI is InChI=1S/C16H20ClN3O2/c1-20-9-12(5-6-15(20)21)18-16(22)19-14-8-13(14)10-3-2-4-11(17)7-10/h2-4,7,12-14H,5-6,8-9H2,1H3,(H2,18,19,22). The maximum atomic E-state index is 12.0. The van der Waals surface area contributed by atoms with Gasteiger partial charge >= 0.3 is 6.03 Å². The molecule has 6 heteroatoms. The van der Waals surface area contributed by atoms with Gasteiger partial charge in [0.15, 0.2) is 0 Å². The monoisotopic (exact) mass is 321 g/mol. The number of carbonyl (C=O) groups is 2. The van der Waals surface area contributed by atoms with E-state index < -0.39 is 0 Å². The van der Waals surface area contributed by atoms with E-state index in [1.54, 1.807) is 11.9 Å². The third kappa shape index (κ3) is 3.53. The van der Waals surface area contributed by atoms with Crippen molar-refractivity contribution in [3.05, 3.63) is 34.9 Å². The molecule has 1 aliphatic carbocycles. The van der Waals surface area contributed by atoms with E-state index in [2.05, 4.69) is 10.6 Å². The Hall–Kier alpha value is -1.75. The minimum atomic E-state index is -0.151. The minimum absolute atomic E-state index is 0.0334. The molecular weight excluding hydrogens is 302 g/mol. The molecule has 0 radical (unpaired) electrons. The number of carbonyl (C=O) groups excluding carboxylic acids is 2. The Labute approximate surface area is 135 Å². The molecule has 1 saturated carbocycles. The number of nitrogens with one attached hydrogen (secondary N) is 2. The number of urea groups is 1. The normalized spacial score (nSPS) is 27.5. The maximum absolute atomic E-state index is 12.0. The summed E-state index contributed by atoms with van der Waals surface area (Å²) in [6.07, 6.45) is 2.14. The summed E-state index contributed by atoms with van der Waals surface area (Å²) in [6, 6.07) is 7.83. The van der Waals surface area contributed by atoms with Gasteiger partial charge < -0.3 is 15.5 Å². The minimum Gasteiger partial charge on any atom is -0.344 e. The molecule has 3 amide bonds. The molecule has 1 saturated heterocycles. The van der Waals surface area contributed by atoms with E-state index in [9.17, 15) is 9.59 Å². The lowest BCUT2D eigenvalue weighted by molar-refractivity contribution is -0.132. The summed E-state index contributed by atoms with van der Waals surface area (Å²) in [4.78, 5) is 25.1. The highest BCUT2D eigenvalue weighted by molar-refractivity contribution is 6.30. The van der Waals surface area contributed by atoms with Crippen LogP contribution in [0.2, 0.25) is 5.02 Å². The van der Waals surface area contributed by atoms with Crippen molar-refractivity contribution in [3.63, 3.8) is 0 Å². The number of likely N-dealkylation sites (tertiary alicyclic amines) is 1. The first-order valence-electron chi connectivity index (χ1n) is 7.59. The van der Waals surface area contributed by atoms with Gasteiger partial charge in [-0.3, -0.25) is 4.79 Å². The summed E-state index contributed by atoms with van der Waals surface area (Å²) in [7, 11) is 1.77. The summed E-state index contributed by atoms with van der Waals surface area (Å²) in [6.45, 7) is 0.578. The lowest BCUT2D eigenvalue weighted by Crippen LogP contribution is -2.51. The van der Waals surface area contributed by atoms with Crippen LogP contribution in [-0.4, -0.2) is 42.5 Å². The molecule has 118 valence electrons. The van der Waals surface area contributed by atoms with Crippen molar-refractivity contribution >= 4 is 23.5 Å². The van der Waals surface area contributed by atoms with E-state index in [1.165, 1.54) is 5.56 Å². The van der Waals surface area contributed by atoms with Gasteiger partial charge in [0.1, 0.15) is 0 Å². The van der Waals surface area contributed by atoms with E-state index >= 15 is 0 Å². The summed E-state index contributed by atoms with van der Waals surface area (Å²) < 4.78 is 0. The molecule has 3 unspecified atom stereocenters. The van der Waals surface area contributed by atoms with Gasteiger partial charge in [0.2, 0.25) is 5.91 Å². The zero-order valence-corrected chi connectivity index (χ0v) is 13.3. The van der Waals surface area contributed by atoms with Gasteiger partial charge in [-0.2, -0.15) is 0 Å². The zero-order chi connectivity index (χ0) is 15.7. The van der Waals surface area contributed by atoms with Crippen LogP contribution in [0.15, 0.2) is 24.3 Å². The van der Waals surface area contributed by atoms with Crippen molar-refractivity contribution in [2.45, 2.75) is 37.3 Å². The summed E-state index contributed by atoms with van der Waals surface area (Å²) in [5.74, 6) is 0.488. The second-order valence-electron chi connectivity index (χ2n) is 6.13. The molecule has 22 heavy (non-hydrogen) atoms. The average molecular weight is 322 g/mol. The van der Waals surface area contributed by atoms with Crippen molar-refractivity contribution in [1.29, 1.82) is 0 Å². The molecule has 2 fully saturated rings. The molecule has 0 spiro atoms. The molecule has 1 aliphatic heterocycles. The lowest BCUT2D eigenvalue weighted by atomic mass is 10.1. The Morgan fingerprint density at radius 3 is 2.91 bits per heavy atom. The molecule has 0 bridgehead atoms. The number of piperidine rings is 1. The molecule has 3 rings (SSSR count). The number of rotatable bonds is 3. The van der Waals surface area contributed by atoms with Gasteiger partial charge in [-0.1, -0.05) is 23.7 Å². The molecular formula is C16H20ClN3O2. The highest BCUT2D eigenvalue weighted by Crippen LogP contribution is 2.41. The fraction of sp³-hybridized carbons (Fsp3) is 0.500. The third-order valence-electron chi connectivity index (χ3n) is 4.35. The molecule has 2 aliphatic rings. The van der Waals surface area contributed by atoms with Crippen LogP contribution in [0.25, 0.3) is 0 Å². The third-order valence-corrected chi connectivity index (χ3v) is 4.58. The Morgan fingerprint density at radius 1 is 1.36 bits per heavy atom. The van der Waals surface area contributed by atoms with Crippen LogP contribution in [0.1, 0.15) is 30.7 Å². The van der Waals surface area contributed by atoms with Gasteiger partial charge in [0.25, 0.3) is 0 Å². The summed E-state index contributed by atoms with van der Waals surface area (Å²) in [5.41, 5.74) is 1.17. The zero-order valence-electron chi connectivity index (χ0n) is 12.5. The smallest absolute Gasteiger partial charge is 0.315 e. The van der Waals surface area contributed by atoms with E-state index in [1.807, 2.05) is 24.3 Å². The van der Waals surface area contributed by atoms with E-state index in [0.717, 1.165) is 11.4 Å². The van der Waals surface area contributed by atoms with Crippen LogP contribution in [0.5, 0.6) is 0 Å². The van der Waals surface area contributed by atoms with Crippen molar-refractivity contribution in [3.8, 4) is 0 Å². The van der Waals surface area contributed by atoms with Crippen molar-refractivity contribution in [1.82, 2.24) is 15.5 Å². The first kappa shape index (κ1) is 15.2. The van der Waals surface area contributed by atoms with Crippen LogP contribution in [-0.2, 0) is 4.79 Å². The van der Waals surface area contributed by atoms with Crippen LogP contribution in [0.4, 0.5) is 4.79 Å². The van der Waals surface area contributed by atoms with E-state index in [0.29, 0.717) is 25.3 Å². The number of hydrogen-bond acceptors (Lipinski definition) is 2. The van der Waals surface area contributed by atoms with Crippen LogP contribution >= 0.6 is 11.6 Å². The first-order valence-corrected chi connectivity index (χ1v) is 7.97. The fourth-order valence-corrected chi connectivity index (χ4v) is 3.18. The molecule has 5 nitrogen and oxygen atoms in total. The van der Waals surface area contributed by atoms with Gasteiger partial charge in [-0.05, 0) is 30.5 Å². The molecule has 0 aromatic heterocycles. The second kappa shape index (κ2) is 6.16. The molecule has 1 aromatic rings. The van der Waals surface area contributed by atoms with Gasteiger partial charge in [-0.25, -0.2) is 4.79 Å². The molecule has 1 heterocycles. The Morgan fingerprint density at radius 2 is 2.18 bits per heavy atom. The number of likely N-dealkylation sites (N-methyl/N-ethyl adjacent to an activating group) is 1. The van der Waals surface area contributed by atoms with Crippen LogP contribution in [0.3, 0.4) is 0 Å². The number of halogens is 1. The molecule has 3 atom stereocenters. The predicted octanol–water partition coefficient (Wildman–Crippen LogP) is 2.12. The van der Waals surface area contributed by atoms with Crippen molar-refractivity contribution in [2.75, 3.05) is 13.6 Å². The van der Waals surface area contributed by atoms with Gasteiger partial charge in [-0.15, -0.1) is 0 Å². The lowest BCUT2D eigenvalue weighted by Gasteiger charge is -2.30. The Bertz CT molecular complexity index is 593. The quantitative estimate of drug-likeness (QED) is 0.895. The Kier molecular flexibility index (Phi) is 4.25. The summed E-state index contributed by atoms with van der Waals surface area (Å²) >= 11 is 5.99. The summed E-state index contributed by atoms with van der Waals surface area (Å²) in [5, 5.41) is 6.68. The maximum Gasteiger partial charge on any atom is 0.315 e. The van der Waals surface area contributed by atoms with E-state index in [4.69, 9.17) is 11.6 Å². The largest absolute Gasteiger partial charge is 0.344 e. The Balaban J connectivity index is 1.47. The highest BCUT2D eigenvalue weighted by Gasteiger charge is 2.39. The van der Waals surface area contributed by atoms with Crippen LogP contribution in [0, 0.1) is 0 Å². The van der Waals surface area contributed by atoms with Crippen LogP contribution < -0.4 is 10.6 Å². The number of nitrogens with zero attached hydrogens (tertiary/aromatic N) is 1. The van der Waals surface area contributed by atoms with Crippen molar-refractivity contribution < 1.29 is 9.59 Å². The average Bonchev–Trinajstić information content (AvgIpc) is 3.22. The van der Waals surface area contributed by atoms with Gasteiger partial charge in [0.05, 0.1) is 0 Å². The van der Waals surface area contributed by atoms with Gasteiger partial charge in [0, 0.05) is 43.0 Å². The first-order chi connectivity index (χ1) is 10.5. The highest BCUT2D eigenvalue weighted by atomic mass is 35.5. The topological polar surface area (TPSA) is 61.4 Å². The number of amides is 3. The SMILES string of the molecule is CN1CC(NC(=O)NC2CC2c2cccc(Cl)c2)CCC1=O. The fourth-order valence-electron chi connectivity index (χ4n) is 2.99. The van der Waals surface area contributed by atoms with Crippen molar-refractivity contribution in [2.24, 2.45) is 0 Å². The predicted molar refractivity (Wildman–Crippen MR) is 84.9 cm³/mol. The second-order valence-corrected chi connectivity index (χ2v) is 6.57. The number of hydrogen-bond donors (Lipinski definition) is 2. The molecule has 2 N–H and O–H groups in total.